The number of benzene rings is 3. The van der Waals surface area contributed by atoms with E-state index in [9.17, 15) is 19.2 Å². The van der Waals surface area contributed by atoms with Crippen LogP contribution in [0, 0.1) is 11.8 Å². The maximum Gasteiger partial charge on any atom is 0.328 e. The Morgan fingerprint density at radius 3 is 2.56 bits per heavy atom. The maximum absolute atomic E-state index is 12.9. The van der Waals surface area contributed by atoms with Gasteiger partial charge >= 0.3 is 5.69 Å². The number of hydrogen-bond acceptors (Lipinski definition) is 8. The number of fused-ring (bicyclic) bond motifs is 2. The third-order valence-electron chi connectivity index (χ3n) is 9.72. The van der Waals surface area contributed by atoms with Gasteiger partial charge in [-0.2, -0.15) is 0 Å². The molecule has 3 N–H and O–H groups in total. The Bertz CT molecular complexity index is 2590. The van der Waals surface area contributed by atoms with Crippen molar-refractivity contribution in [1.29, 1.82) is 0 Å². The number of carbonyl (C=O) groups is 3. The van der Waals surface area contributed by atoms with Crippen molar-refractivity contribution in [3.63, 3.8) is 0 Å². The molecule has 272 valence electrons. The van der Waals surface area contributed by atoms with Gasteiger partial charge in [0.1, 0.15) is 17.5 Å². The minimum absolute atomic E-state index is 0.0539. The predicted molar refractivity (Wildman–Crippen MR) is 208 cm³/mol. The summed E-state index contributed by atoms with van der Waals surface area (Å²) in [5.41, 5.74) is 7.90. The molecule has 3 amide bonds. The Hall–Kier alpha value is -6.74. The van der Waals surface area contributed by atoms with Gasteiger partial charge in [0.05, 0.1) is 36.1 Å². The van der Waals surface area contributed by atoms with Crippen molar-refractivity contribution >= 4 is 45.2 Å². The number of nitrogens with one attached hydrogen (secondary N) is 3. The first kappa shape index (κ1) is 35.7. The van der Waals surface area contributed by atoms with Crippen molar-refractivity contribution in [3.8, 4) is 40.0 Å². The van der Waals surface area contributed by atoms with Crippen LogP contribution in [0.25, 0.3) is 44.2 Å². The van der Waals surface area contributed by atoms with E-state index in [2.05, 4.69) is 64.8 Å². The molecule has 0 aliphatic carbocycles. The fraction of sp³-hybridized carbons (Fsp3) is 0.238. The van der Waals surface area contributed by atoms with Gasteiger partial charge in [-0.25, -0.2) is 4.79 Å². The standard InChI is InChI=1S/C42H39N7O5/c1-24(2)30-19-28(21-36-39(30)49(4)42(53)48(36)3)29-10-6-9-26-20-34(45-23-31(26)29)27-12-13-32(44-22-27)40(51)43-17-7-8-25-11-15-37(54-5)35(18-25)46-33-14-16-38(50)47-41(33)52/h6,9-13,15,18-24,33,46H,14,16-17H2,1-5H3,(H,43,51)(H,47,50,52). The average Bonchev–Trinajstić information content (AvgIpc) is 3.40. The third-order valence-corrected chi connectivity index (χ3v) is 9.72. The number of methoxy groups -OCH3 is 1. The Balaban J connectivity index is 1.04. The topological polar surface area (TPSA) is 149 Å². The first-order valence-electron chi connectivity index (χ1n) is 17.6. The number of amides is 3. The first-order chi connectivity index (χ1) is 26.0. The first-order valence-corrected chi connectivity index (χ1v) is 17.6. The number of ether oxygens (including phenoxy) is 1. The Labute approximate surface area is 311 Å². The second kappa shape index (κ2) is 14.7. The second-order valence-electron chi connectivity index (χ2n) is 13.6. The van der Waals surface area contributed by atoms with Gasteiger partial charge in [0.25, 0.3) is 5.91 Å². The number of aromatic nitrogens is 4. The van der Waals surface area contributed by atoms with Crippen LogP contribution < -0.4 is 26.4 Å². The van der Waals surface area contributed by atoms with E-state index in [1.165, 1.54) is 7.11 Å². The molecule has 54 heavy (non-hydrogen) atoms. The summed E-state index contributed by atoms with van der Waals surface area (Å²) in [6.45, 7) is 4.36. The highest BCUT2D eigenvalue weighted by Crippen LogP contribution is 2.35. The summed E-state index contributed by atoms with van der Waals surface area (Å²) in [4.78, 5) is 58.6. The second-order valence-corrected chi connectivity index (χ2v) is 13.6. The number of imidazole rings is 1. The molecular weight excluding hydrogens is 683 g/mol. The van der Waals surface area contributed by atoms with E-state index in [0.717, 1.165) is 49.8 Å². The zero-order chi connectivity index (χ0) is 38.1. The summed E-state index contributed by atoms with van der Waals surface area (Å²) in [5.74, 6) is 5.69. The number of anilines is 1. The monoisotopic (exact) mass is 721 g/mol. The van der Waals surface area contributed by atoms with E-state index >= 15 is 0 Å². The number of pyridine rings is 2. The summed E-state index contributed by atoms with van der Waals surface area (Å²) < 4.78 is 8.84. The lowest BCUT2D eigenvalue weighted by molar-refractivity contribution is -0.133. The fourth-order valence-electron chi connectivity index (χ4n) is 6.82. The van der Waals surface area contributed by atoms with Crippen LogP contribution in [-0.4, -0.2) is 56.5 Å². The van der Waals surface area contributed by atoms with E-state index in [-0.39, 0.29) is 48.0 Å². The molecule has 1 aliphatic heterocycles. The molecule has 0 spiro atoms. The van der Waals surface area contributed by atoms with Crippen LogP contribution in [0.15, 0.2) is 83.9 Å². The van der Waals surface area contributed by atoms with Crippen molar-refractivity contribution in [1.82, 2.24) is 29.7 Å². The molecule has 3 aromatic heterocycles. The molecule has 3 aromatic carbocycles. The molecule has 12 nitrogen and oxygen atoms in total. The molecule has 6 aromatic rings. The molecule has 0 saturated carbocycles. The number of hydrogen-bond donors (Lipinski definition) is 3. The van der Waals surface area contributed by atoms with E-state index in [1.54, 1.807) is 46.6 Å². The molecule has 1 fully saturated rings. The minimum Gasteiger partial charge on any atom is -0.495 e. The van der Waals surface area contributed by atoms with Crippen LogP contribution in [0.5, 0.6) is 5.75 Å². The number of aryl methyl sites for hydroxylation is 2. The molecule has 0 bridgehead atoms. The molecular formula is C42H39N7O5. The quantitative estimate of drug-likeness (QED) is 0.142. The van der Waals surface area contributed by atoms with Crippen molar-refractivity contribution in [3.05, 3.63) is 106 Å². The molecule has 0 radical (unpaired) electrons. The highest BCUT2D eigenvalue weighted by atomic mass is 16.5. The van der Waals surface area contributed by atoms with Crippen LogP contribution in [0.4, 0.5) is 5.69 Å². The van der Waals surface area contributed by atoms with E-state index in [1.807, 2.05) is 37.5 Å². The zero-order valence-corrected chi connectivity index (χ0v) is 30.6. The molecule has 4 heterocycles. The normalized spacial score (nSPS) is 14.1. The van der Waals surface area contributed by atoms with Gasteiger partial charge in [0.15, 0.2) is 0 Å². The predicted octanol–water partition coefficient (Wildman–Crippen LogP) is 5.28. The highest BCUT2D eigenvalue weighted by Gasteiger charge is 2.27. The Kier molecular flexibility index (Phi) is 9.71. The average molecular weight is 722 g/mol. The van der Waals surface area contributed by atoms with E-state index in [0.29, 0.717) is 23.4 Å². The zero-order valence-electron chi connectivity index (χ0n) is 30.6. The van der Waals surface area contributed by atoms with Crippen LogP contribution in [0.2, 0.25) is 0 Å². The van der Waals surface area contributed by atoms with Gasteiger partial charge in [0, 0.05) is 49.4 Å². The summed E-state index contributed by atoms with van der Waals surface area (Å²) in [7, 11) is 5.15. The molecule has 1 aliphatic rings. The SMILES string of the molecule is COc1ccc(C#CCNC(=O)c2ccc(-c3cc4cccc(-c5cc(C(C)C)c6c(c5)n(C)c(=O)n6C)c4cn3)cn2)cc1NC1CCC(=O)NC1=O. The number of nitrogens with zero attached hydrogens (tertiary/aromatic N) is 4. The maximum atomic E-state index is 12.9. The molecule has 1 unspecified atom stereocenters. The van der Waals surface area contributed by atoms with Gasteiger partial charge < -0.3 is 15.4 Å². The summed E-state index contributed by atoms with van der Waals surface area (Å²) in [6.07, 6.45) is 4.12. The van der Waals surface area contributed by atoms with Gasteiger partial charge in [-0.05, 0) is 82.9 Å². The van der Waals surface area contributed by atoms with Gasteiger partial charge in [-0.3, -0.25) is 38.8 Å². The smallest absolute Gasteiger partial charge is 0.328 e. The molecule has 7 rings (SSSR count). The summed E-state index contributed by atoms with van der Waals surface area (Å²) in [5, 5.41) is 10.2. The van der Waals surface area contributed by atoms with Gasteiger partial charge in [-0.1, -0.05) is 43.9 Å². The number of rotatable bonds is 8. The number of carbonyl (C=O) groups excluding carboxylic acids is 3. The number of imide groups is 1. The fourth-order valence-corrected chi connectivity index (χ4v) is 6.82. The van der Waals surface area contributed by atoms with Crippen molar-refractivity contribution < 1.29 is 19.1 Å². The lowest BCUT2D eigenvalue weighted by Crippen LogP contribution is -2.47. The third kappa shape index (κ3) is 6.91. The highest BCUT2D eigenvalue weighted by molar-refractivity contribution is 6.02. The molecule has 1 saturated heterocycles. The Morgan fingerprint density at radius 2 is 1.81 bits per heavy atom. The van der Waals surface area contributed by atoms with E-state index in [4.69, 9.17) is 9.72 Å². The van der Waals surface area contributed by atoms with Crippen LogP contribution >= 0.6 is 0 Å². The summed E-state index contributed by atoms with van der Waals surface area (Å²) in [6, 6.07) is 20.6. The summed E-state index contributed by atoms with van der Waals surface area (Å²) >= 11 is 0. The van der Waals surface area contributed by atoms with Crippen LogP contribution in [0.1, 0.15) is 54.2 Å². The van der Waals surface area contributed by atoms with Crippen molar-refractivity contribution in [2.75, 3.05) is 19.0 Å². The van der Waals surface area contributed by atoms with Crippen molar-refractivity contribution in [2.45, 2.75) is 38.6 Å². The lowest BCUT2D eigenvalue weighted by atomic mass is 9.93. The number of piperidine rings is 1. The minimum atomic E-state index is -0.568. The largest absolute Gasteiger partial charge is 0.495 e. The van der Waals surface area contributed by atoms with Crippen molar-refractivity contribution in [2.24, 2.45) is 14.1 Å². The Morgan fingerprint density at radius 1 is 0.981 bits per heavy atom. The molecule has 12 heteroatoms. The van der Waals surface area contributed by atoms with Crippen LogP contribution in [-0.2, 0) is 23.7 Å². The van der Waals surface area contributed by atoms with Crippen LogP contribution in [0.3, 0.4) is 0 Å². The van der Waals surface area contributed by atoms with Gasteiger partial charge in [0.2, 0.25) is 11.8 Å². The van der Waals surface area contributed by atoms with E-state index < -0.39 is 6.04 Å². The lowest BCUT2D eigenvalue weighted by Gasteiger charge is -2.23. The van der Waals surface area contributed by atoms with Gasteiger partial charge in [-0.15, -0.1) is 0 Å². The molecule has 1 atom stereocenters.